The number of hydrogen-bond acceptors (Lipinski definition) is 2. The second kappa shape index (κ2) is 4.15. The topological polar surface area (TPSA) is 43.1 Å². The van der Waals surface area contributed by atoms with Crippen molar-refractivity contribution in [3.05, 3.63) is 34.6 Å². The molecule has 0 radical (unpaired) electrons. The molecule has 4 heteroatoms. The monoisotopic (exact) mass is 241 g/mol. The Morgan fingerprint density at radius 2 is 2.19 bits per heavy atom. The van der Waals surface area contributed by atoms with Crippen LogP contribution in [0.5, 0.6) is 0 Å². The number of Topliss-reactive ketones (excluding diaryl/α,β-unsaturated/α-hetero) is 1. The van der Waals surface area contributed by atoms with Crippen LogP contribution in [-0.4, -0.2) is 12.3 Å². The van der Waals surface area contributed by atoms with Crippen molar-refractivity contribution in [2.24, 2.45) is 11.1 Å². The third-order valence-corrected chi connectivity index (χ3v) is 3.59. The van der Waals surface area contributed by atoms with E-state index in [4.69, 9.17) is 17.3 Å². The normalized spacial score (nSPS) is 17.9. The molecule has 2 N–H and O–H groups in total. The van der Waals surface area contributed by atoms with Gasteiger partial charge in [-0.15, -0.1) is 0 Å². The van der Waals surface area contributed by atoms with Gasteiger partial charge in [-0.2, -0.15) is 0 Å². The highest BCUT2D eigenvalue weighted by molar-refractivity contribution is 6.31. The maximum Gasteiger partial charge on any atom is 0.173 e. The van der Waals surface area contributed by atoms with Crippen LogP contribution >= 0.6 is 11.6 Å². The first-order valence-electron chi connectivity index (χ1n) is 5.29. The third kappa shape index (κ3) is 1.74. The summed E-state index contributed by atoms with van der Waals surface area (Å²) in [5, 5.41) is 0.372. The minimum atomic E-state index is -0.550. The van der Waals surface area contributed by atoms with E-state index in [1.54, 1.807) is 0 Å². The van der Waals surface area contributed by atoms with Crippen molar-refractivity contribution in [2.45, 2.75) is 19.3 Å². The Morgan fingerprint density at radius 1 is 1.50 bits per heavy atom. The largest absolute Gasteiger partial charge is 0.329 e. The highest BCUT2D eigenvalue weighted by Crippen LogP contribution is 2.43. The summed E-state index contributed by atoms with van der Waals surface area (Å²) in [5.41, 5.74) is 5.14. The first-order valence-corrected chi connectivity index (χ1v) is 5.67. The Labute approximate surface area is 98.6 Å². The smallest absolute Gasteiger partial charge is 0.173 e. The summed E-state index contributed by atoms with van der Waals surface area (Å²) < 4.78 is 13.5. The van der Waals surface area contributed by atoms with E-state index in [0.717, 1.165) is 19.3 Å². The molecule has 1 fully saturated rings. The lowest BCUT2D eigenvalue weighted by Crippen LogP contribution is -2.44. The first kappa shape index (κ1) is 11.6. The molecule has 1 aromatic carbocycles. The summed E-state index contributed by atoms with van der Waals surface area (Å²) >= 11 is 5.77. The van der Waals surface area contributed by atoms with Gasteiger partial charge in [0.2, 0.25) is 0 Å². The third-order valence-electron chi connectivity index (χ3n) is 3.36. The molecule has 0 spiro atoms. The lowest BCUT2D eigenvalue weighted by atomic mass is 9.64. The van der Waals surface area contributed by atoms with E-state index in [2.05, 4.69) is 0 Å². The van der Waals surface area contributed by atoms with Crippen molar-refractivity contribution in [3.63, 3.8) is 0 Å². The minimum Gasteiger partial charge on any atom is -0.329 e. The van der Waals surface area contributed by atoms with Gasteiger partial charge in [0.15, 0.2) is 5.78 Å². The molecule has 1 saturated carbocycles. The second-order valence-electron chi connectivity index (χ2n) is 4.29. The zero-order valence-electron chi connectivity index (χ0n) is 8.80. The van der Waals surface area contributed by atoms with E-state index in [1.165, 1.54) is 18.2 Å². The summed E-state index contributed by atoms with van der Waals surface area (Å²) in [6, 6.07) is 4.04. The van der Waals surface area contributed by atoms with Gasteiger partial charge < -0.3 is 5.73 Å². The van der Waals surface area contributed by atoms with Gasteiger partial charge in [-0.1, -0.05) is 18.0 Å². The first-order chi connectivity index (χ1) is 7.59. The quantitative estimate of drug-likeness (QED) is 0.827. The number of halogens is 2. The van der Waals surface area contributed by atoms with Gasteiger partial charge in [-0.05, 0) is 31.0 Å². The molecule has 16 heavy (non-hydrogen) atoms. The van der Waals surface area contributed by atoms with Gasteiger partial charge in [0.1, 0.15) is 5.82 Å². The molecule has 0 heterocycles. The number of carbonyl (C=O) groups is 1. The van der Waals surface area contributed by atoms with Crippen LogP contribution in [0.15, 0.2) is 18.2 Å². The van der Waals surface area contributed by atoms with E-state index in [0.29, 0.717) is 5.02 Å². The molecule has 0 saturated heterocycles. The van der Waals surface area contributed by atoms with Crippen molar-refractivity contribution in [1.82, 2.24) is 0 Å². The molecular formula is C12H13ClFNO. The summed E-state index contributed by atoms with van der Waals surface area (Å²) in [7, 11) is 0. The van der Waals surface area contributed by atoms with Crippen molar-refractivity contribution in [2.75, 3.05) is 6.54 Å². The molecule has 1 aliphatic carbocycles. The maximum absolute atomic E-state index is 13.5. The summed E-state index contributed by atoms with van der Waals surface area (Å²) in [6.07, 6.45) is 2.47. The lowest BCUT2D eigenvalue weighted by molar-refractivity contribution is 0.0631. The summed E-state index contributed by atoms with van der Waals surface area (Å²) in [6.45, 7) is 0.276. The van der Waals surface area contributed by atoms with E-state index in [1.807, 2.05) is 0 Å². The fourth-order valence-corrected chi connectivity index (χ4v) is 2.26. The molecule has 0 aromatic heterocycles. The zero-order valence-corrected chi connectivity index (χ0v) is 9.56. The van der Waals surface area contributed by atoms with Crippen molar-refractivity contribution >= 4 is 17.4 Å². The molecule has 0 unspecified atom stereocenters. The lowest BCUT2D eigenvalue weighted by Gasteiger charge is -2.39. The van der Waals surface area contributed by atoms with Crippen molar-refractivity contribution in [3.8, 4) is 0 Å². The fourth-order valence-electron chi connectivity index (χ4n) is 2.08. The molecule has 86 valence electrons. The van der Waals surface area contributed by atoms with Crippen LogP contribution in [0.3, 0.4) is 0 Å². The molecular weight excluding hydrogens is 229 g/mol. The van der Waals surface area contributed by atoms with Crippen LogP contribution in [-0.2, 0) is 0 Å². The summed E-state index contributed by atoms with van der Waals surface area (Å²) in [4.78, 5) is 12.2. The molecule has 0 amide bonds. The van der Waals surface area contributed by atoms with Crippen LogP contribution < -0.4 is 5.73 Å². The number of carbonyl (C=O) groups excluding carboxylic acids is 1. The minimum absolute atomic E-state index is 0.0673. The predicted octanol–water partition coefficient (Wildman–Crippen LogP) is 2.79. The average molecular weight is 242 g/mol. The number of rotatable bonds is 3. The number of nitrogens with two attached hydrogens (primary N) is 1. The van der Waals surface area contributed by atoms with Gasteiger partial charge >= 0.3 is 0 Å². The van der Waals surface area contributed by atoms with Gasteiger partial charge in [-0.3, -0.25) is 4.79 Å². The van der Waals surface area contributed by atoms with Gasteiger partial charge in [0, 0.05) is 17.0 Å². The Hall–Kier alpha value is -0.930. The van der Waals surface area contributed by atoms with E-state index in [9.17, 15) is 9.18 Å². The second-order valence-corrected chi connectivity index (χ2v) is 4.73. The van der Waals surface area contributed by atoms with Gasteiger partial charge in [0.25, 0.3) is 0 Å². The molecule has 2 nitrogen and oxygen atoms in total. The Bertz CT molecular complexity index is 424. The van der Waals surface area contributed by atoms with Gasteiger partial charge in [0.05, 0.1) is 5.56 Å². The van der Waals surface area contributed by atoms with Crippen LogP contribution in [0.4, 0.5) is 4.39 Å². The van der Waals surface area contributed by atoms with E-state index >= 15 is 0 Å². The standard InChI is InChI=1S/C12H13ClFNO/c13-8-2-3-10(14)9(6-8)11(16)12(7-15)4-1-5-12/h2-3,6H,1,4-5,7,15H2. The Balaban J connectivity index is 2.37. The Kier molecular flexibility index (Phi) is 3.00. The highest BCUT2D eigenvalue weighted by Gasteiger charge is 2.43. The van der Waals surface area contributed by atoms with E-state index in [-0.39, 0.29) is 17.9 Å². The average Bonchev–Trinajstić information content (AvgIpc) is 2.21. The number of benzene rings is 1. The van der Waals surface area contributed by atoms with Crippen molar-refractivity contribution in [1.29, 1.82) is 0 Å². The SMILES string of the molecule is NCC1(C(=O)c2cc(Cl)ccc2F)CCC1. The molecule has 0 aliphatic heterocycles. The zero-order chi connectivity index (χ0) is 11.8. The Morgan fingerprint density at radius 3 is 2.69 bits per heavy atom. The maximum atomic E-state index is 13.5. The molecule has 0 atom stereocenters. The molecule has 2 rings (SSSR count). The van der Waals surface area contributed by atoms with Crippen LogP contribution in [0.1, 0.15) is 29.6 Å². The van der Waals surface area contributed by atoms with Gasteiger partial charge in [-0.25, -0.2) is 4.39 Å². The fraction of sp³-hybridized carbons (Fsp3) is 0.417. The molecule has 0 bridgehead atoms. The predicted molar refractivity (Wildman–Crippen MR) is 61.1 cm³/mol. The molecule has 1 aromatic rings. The number of hydrogen-bond donors (Lipinski definition) is 1. The van der Waals surface area contributed by atoms with E-state index < -0.39 is 11.2 Å². The summed E-state index contributed by atoms with van der Waals surface area (Å²) in [5.74, 6) is -0.727. The van der Waals surface area contributed by atoms with Crippen LogP contribution in [0.25, 0.3) is 0 Å². The van der Waals surface area contributed by atoms with Crippen LogP contribution in [0, 0.1) is 11.2 Å². The molecule has 1 aliphatic rings. The van der Waals surface area contributed by atoms with Crippen LogP contribution in [0.2, 0.25) is 5.02 Å². The number of ketones is 1. The van der Waals surface area contributed by atoms with Crippen molar-refractivity contribution < 1.29 is 9.18 Å². The highest BCUT2D eigenvalue weighted by atomic mass is 35.5.